The van der Waals surface area contributed by atoms with Crippen LogP contribution in [0.15, 0.2) is 29.1 Å². The number of hydrogen-bond acceptors (Lipinski definition) is 6. The van der Waals surface area contributed by atoms with E-state index < -0.39 is 22.7 Å². The van der Waals surface area contributed by atoms with Crippen LogP contribution < -0.4 is 5.43 Å². The van der Waals surface area contributed by atoms with E-state index in [1.807, 2.05) is 0 Å². The first kappa shape index (κ1) is 14.7. The molecule has 0 aliphatic heterocycles. The highest BCUT2D eigenvalue weighted by molar-refractivity contribution is 5.90. The smallest absolute Gasteiger partial charge is 0.231 e. The lowest BCUT2D eigenvalue weighted by molar-refractivity contribution is 0.281. The molecule has 2 rings (SSSR count). The molecule has 0 unspecified atom stereocenters. The van der Waals surface area contributed by atoms with Crippen molar-refractivity contribution in [2.24, 2.45) is 0 Å². The molecule has 0 aliphatic carbocycles. The van der Waals surface area contributed by atoms with Gasteiger partial charge >= 0.3 is 0 Å². The number of phenolic OH excluding ortho intramolecular Hbond substituents is 2. The average Bonchev–Trinajstić information content (AvgIpc) is 2.55. The third kappa shape index (κ3) is 2.75. The number of rotatable bonds is 1. The summed E-state index contributed by atoms with van der Waals surface area (Å²) in [6.07, 6.45) is 0. The Bertz CT molecular complexity index is 651. The van der Waals surface area contributed by atoms with Crippen molar-refractivity contribution in [3.8, 4) is 17.2 Å². The van der Waals surface area contributed by atoms with Gasteiger partial charge in [-0.2, -0.15) is 0 Å². The fourth-order valence-electron chi connectivity index (χ4n) is 1.66. The SMILES string of the molecule is CO.O=c1c(O)cc(CO)cc2ccc(O)c(O)c12. The molecule has 0 aromatic heterocycles. The second-order valence-corrected chi connectivity index (χ2v) is 3.63. The van der Waals surface area contributed by atoms with Gasteiger partial charge in [-0.25, -0.2) is 0 Å². The molecule has 0 amide bonds. The molecule has 0 bridgehead atoms. The summed E-state index contributed by atoms with van der Waals surface area (Å²) in [4.78, 5) is 11.8. The van der Waals surface area contributed by atoms with Crippen LogP contribution in [0.1, 0.15) is 5.56 Å². The van der Waals surface area contributed by atoms with Crippen molar-refractivity contribution in [3.63, 3.8) is 0 Å². The van der Waals surface area contributed by atoms with Gasteiger partial charge in [0.15, 0.2) is 17.2 Å². The zero-order valence-electron chi connectivity index (χ0n) is 10.2. The van der Waals surface area contributed by atoms with Crippen molar-refractivity contribution in [1.29, 1.82) is 0 Å². The Balaban J connectivity index is 0.000000861. The number of benzene rings is 1. The zero-order valence-corrected chi connectivity index (χ0v) is 10.2. The Morgan fingerprint density at radius 2 is 1.63 bits per heavy atom. The lowest BCUT2D eigenvalue weighted by atomic mass is 10.1. The number of aromatic hydroxyl groups is 3. The second kappa shape index (κ2) is 6.03. The lowest BCUT2D eigenvalue weighted by Crippen LogP contribution is -1.97. The van der Waals surface area contributed by atoms with Crippen molar-refractivity contribution >= 4 is 10.8 Å². The summed E-state index contributed by atoms with van der Waals surface area (Å²) in [5.41, 5.74) is -0.465. The summed E-state index contributed by atoms with van der Waals surface area (Å²) >= 11 is 0. The summed E-state index contributed by atoms with van der Waals surface area (Å²) in [6, 6.07) is 5.23. The first-order chi connectivity index (χ1) is 9.04. The number of aliphatic hydroxyl groups is 2. The summed E-state index contributed by atoms with van der Waals surface area (Å²) in [7, 11) is 1.00. The average molecular weight is 266 g/mol. The van der Waals surface area contributed by atoms with Gasteiger partial charge in [0.1, 0.15) is 0 Å². The van der Waals surface area contributed by atoms with Gasteiger partial charge in [-0.1, -0.05) is 6.07 Å². The Morgan fingerprint density at radius 1 is 1.00 bits per heavy atom. The Hall–Kier alpha value is -2.31. The molecular weight excluding hydrogens is 252 g/mol. The number of fused-ring (bicyclic) bond motifs is 1. The van der Waals surface area contributed by atoms with Gasteiger partial charge in [-0.3, -0.25) is 4.79 Å². The fourth-order valence-corrected chi connectivity index (χ4v) is 1.66. The van der Waals surface area contributed by atoms with Crippen molar-refractivity contribution in [1.82, 2.24) is 0 Å². The predicted molar refractivity (Wildman–Crippen MR) is 69.3 cm³/mol. The molecule has 0 aliphatic rings. The van der Waals surface area contributed by atoms with Gasteiger partial charge < -0.3 is 25.5 Å². The van der Waals surface area contributed by atoms with Crippen LogP contribution >= 0.6 is 0 Å². The van der Waals surface area contributed by atoms with Gasteiger partial charge in [0, 0.05) is 7.11 Å². The molecule has 6 heteroatoms. The summed E-state index contributed by atoms with van der Waals surface area (Å²) < 4.78 is 0. The van der Waals surface area contributed by atoms with Crippen LogP contribution in [0.25, 0.3) is 10.8 Å². The van der Waals surface area contributed by atoms with Gasteiger partial charge in [-0.15, -0.1) is 0 Å². The van der Waals surface area contributed by atoms with Crippen molar-refractivity contribution < 1.29 is 25.5 Å². The normalized spacial score (nSPS) is 9.84. The molecule has 0 fully saturated rings. The van der Waals surface area contributed by atoms with Crippen molar-refractivity contribution in [3.05, 3.63) is 40.1 Å². The summed E-state index contributed by atoms with van der Waals surface area (Å²) in [5, 5.41) is 44.6. The Labute approximate surface area is 108 Å². The minimum atomic E-state index is -0.798. The molecule has 102 valence electrons. The summed E-state index contributed by atoms with van der Waals surface area (Å²) in [6.45, 7) is -0.349. The second-order valence-electron chi connectivity index (χ2n) is 3.63. The van der Waals surface area contributed by atoms with E-state index in [-0.39, 0.29) is 12.0 Å². The number of hydrogen-bond donors (Lipinski definition) is 5. The van der Waals surface area contributed by atoms with Crippen LogP contribution in [0.5, 0.6) is 17.2 Å². The molecule has 0 saturated carbocycles. The van der Waals surface area contributed by atoms with Gasteiger partial charge in [0.05, 0.1) is 12.0 Å². The molecule has 0 atom stereocenters. The van der Waals surface area contributed by atoms with Crippen LogP contribution in [0.3, 0.4) is 0 Å². The van der Waals surface area contributed by atoms with Gasteiger partial charge in [-0.05, 0) is 29.1 Å². The van der Waals surface area contributed by atoms with E-state index in [0.717, 1.165) is 13.2 Å². The molecule has 2 aromatic carbocycles. The van der Waals surface area contributed by atoms with Crippen LogP contribution in [0.4, 0.5) is 0 Å². The molecule has 0 heterocycles. The van der Waals surface area contributed by atoms with Crippen molar-refractivity contribution in [2.75, 3.05) is 7.11 Å². The maximum Gasteiger partial charge on any atom is 0.231 e. The van der Waals surface area contributed by atoms with E-state index in [0.29, 0.717) is 10.9 Å². The maximum absolute atomic E-state index is 11.8. The molecular formula is C13H14O6. The highest BCUT2D eigenvalue weighted by Gasteiger charge is 2.11. The molecule has 19 heavy (non-hydrogen) atoms. The molecule has 2 aromatic rings. The third-order valence-corrected chi connectivity index (χ3v) is 2.49. The lowest BCUT2D eigenvalue weighted by Gasteiger charge is -1.99. The quantitative estimate of drug-likeness (QED) is 0.477. The molecule has 0 saturated heterocycles. The van der Waals surface area contributed by atoms with Crippen LogP contribution in [0, 0.1) is 0 Å². The van der Waals surface area contributed by atoms with Crippen LogP contribution in [-0.2, 0) is 6.61 Å². The number of phenols is 2. The van der Waals surface area contributed by atoms with Gasteiger partial charge in [0.25, 0.3) is 0 Å². The van der Waals surface area contributed by atoms with Gasteiger partial charge in [0.2, 0.25) is 5.43 Å². The Morgan fingerprint density at radius 3 is 2.21 bits per heavy atom. The predicted octanol–water partition coefficient (Wildman–Crippen LogP) is 0.418. The topological polar surface area (TPSA) is 118 Å². The molecule has 5 N–H and O–H groups in total. The van der Waals surface area contributed by atoms with E-state index in [4.69, 9.17) is 10.2 Å². The largest absolute Gasteiger partial charge is 0.504 e. The first-order valence-electron chi connectivity index (χ1n) is 5.31. The highest BCUT2D eigenvalue weighted by Crippen LogP contribution is 2.32. The fraction of sp³-hybridized carbons (Fsp3) is 0.154. The molecule has 6 nitrogen and oxygen atoms in total. The maximum atomic E-state index is 11.8. The van der Waals surface area contributed by atoms with E-state index in [1.165, 1.54) is 18.2 Å². The van der Waals surface area contributed by atoms with E-state index >= 15 is 0 Å². The molecule has 0 spiro atoms. The highest BCUT2D eigenvalue weighted by atomic mass is 16.3. The zero-order chi connectivity index (χ0) is 14.6. The number of aliphatic hydroxyl groups excluding tert-OH is 2. The summed E-state index contributed by atoms with van der Waals surface area (Å²) in [5.74, 6) is -1.61. The monoisotopic (exact) mass is 266 g/mol. The van der Waals surface area contributed by atoms with E-state index in [1.54, 1.807) is 0 Å². The van der Waals surface area contributed by atoms with Crippen molar-refractivity contribution in [2.45, 2.75) is 6.61 Å². The van der Waals surface area contributed by atoms with E-state index in [9.17, 15) is 20.1 Å². The van der Waals surface area contributed by atoms with E-state index in [2.05, 4.69) is 0 Å². The first-order valence-corrected chi connectivity index (χ1v) is 5.31. The standard InChI is InChI=1S/C12H10O5.CH4O/c13-5-6-3-7-1-2-8(14)11(16)10(7)12(17)9(15)4-6;1-2/h1-4,13-14,16H,5H2,(H,15,17);2H,1H3. The van der Waals surface area contributed by atoms with Crippen LogP contribution in [0.2, 0.25) is 0 Å². The minimum Gasteiger partial charge on any atom is -0.504 e. The van der Waals surface area contributed by atoms with Crippen LogP contribution in [-0.4, -0.2) is 32.6 Å². The Kier molecular flexibility index (Phi) is 4.68. The molecule has 0 radical (unpaired) electrons. The minimum absolute atomic E-state index is 0.179. The third-order valence-electron chi connectivity index (χ3n) is 2.49.